The van der Waals surface area contributed by atoms with E-state index in [1.807, 2.05) is 32.9 Å². The van der Waals surface area contributed by atoms with Gasteiger partial charge in [0.05, 0.1) is 16.2 Å². The van der Waals surface area contributed by atoms with E-state index in [1.165, 1.54) is 0 Å². The molecular weight excluding hydrogens is 216 g/mol. The van der Waals surface area contributed by atoms with Crippen LogP contribution in [0.25, 0.3) is 0 Å². The van der Waals surface area contributed by atoms with Crippen molar-refractivity contribution in [2.75, 3.05) is 0 Å². The molecule has 14 heavy (non-hydrogen) atoms. The topological polar surface area (TPSA) is 38.4 Å². The summed E-state index contributed by atoms with van der Waals surface area (Å²) in [7, 11) is 0. The summed E-state index contributed by atoms with van der Waals surface area (Å²) in [6.45, 7) is 6.09. The third-order valence-electron chi connectivity index (χ3n) is 1.94. The van der Waals surface area contributed by atoms with E-state index >= 15 is 0 Å². The van der Waals surface area contributed by atoms with E-state index in [9.17, 15) is 0 Å². The van der Waals surface area contributed by atoms with Crippen LogP contribution in [0.2, 0.25) is 4.34 Å². The Bertz CT molecular complexity index is 331. The van der Waals surface area contributed by atoms with Crippen LogP contribution in [-0.4, -0.2) is 5.84 Å². The van der Waals surface area contributed by atoms with Crippen LogP contribution in [0.3, 0.4) is 0 Å². The molecule has 0 aliphatic carbocycles. The van der Waals surface area contributed by atoms with Crippen LogP contribution < -0.4 is 5.73 Å². The number of aliphatic imine (C=N–C) groups is 1. The Balaban J connectivity index is 2.76. The van der Waals surface area contributed by atoms with Gasteiger partial charge in [-0.2, -0.15) is 0 Å². The van der Waals surface area contributed by atoms with Crippen LogP contribution in [-0.2, 0) is 0 Å². The highest BCUT2D eigenvalue weighted by molar-refractivity contribution is 7.16. The zero-order chi connectivity index (χ0) is 10.7. The lowest BCUT2D eigenvalue weighted by Crippen LogP contribution is -2.19. The molecule has 0 aliphatic heterocycles. The van der Waals surface area contributed by atoms with Gasteiger partial charge in [0.15, 0.2) is 0 Å². The summed E-state index contributed by atoms with van der Waals surface area (Å²) in [5.74, 6) is 0.995. The zero-order valence-corrected chi connectivity index (χ0v) is 10.2. The number of rotatable bonds is 3. The van der Waals surface area contributed by atoms with Crippen LogP contribution >= 0.6 is 22.9 Å². The molecule has 2 N–H and O–H groups in total. The molecule has 0 bridgehead atoms. The molecule has 0 saturated carbocycles. The predicted octanol–water partition coefficient (Wildman–Crippen LogP) is 3.48. The monoisotopic (exact) mass is 230 g/mol. The molecule has 0 radical (unpaired) electrons. The fourth-order valence-corrected chi connectivity index (χ4v) is 2.04. The first-order valence-electron chi connectivity index (χ1n) is 4.59. The number of nitrogens with two attached hydrogens (primary N) is 1. The van der Waals surface area contributed by atoms with Gasteiger partial charge in [-0.1, -0.05) is 25.4 Å². The molecule has 78 valence electrons. The minimum absolute atomic E-state index is 0.106. The van der Waals surface area contributed by atoms with E-state index in [2.05, 4.69) is 4.99 Å². The van der Waals surface area contributed by atoms with Gasteiger partial charge in [0.1, 0.15) is 0 Å². The summed E-state index contributed by atoms with van der Waals surface area (Å²) in [5.41, 5.74) is 5.78. The van der Waals surface area contributed by atoms with Gasteiger partial charge in [-0.15, -0.1) is 11.3 Å². The summed E-state index contributed by atoms with van der Waals surface area (Å²) >= 11 is 7.39. The van der Waals surface area contributed by atoms with E-state index in [0.717, 1.165) is 9.21 Å². The van der Waals surface area contributed by atoms with Crippen LogP contribution in [0, 0.1) is 5.92 Å². The Morgan fingerprint density at radius 2 is 2.07 bits per heavy atom. The lowest BCUT2D eigenvalue weighted by Gasteiger charge is -2.08. The smallest absolute Gasteiger partial charge is 0.0970 e. The molecule has 0 saturated heterocycles. The predicted molar refractivity (Wildman–Crippen MR) is 64.2 cm³/mol. The number of nitrogens with zero attached hydrogens (tertiary/aromatic N) is 1. The number of hydrogen-bond acceptors (Lipinski definition) is 2. The summed E-state index contributed by atoms with van der Waals surface area (Å²) in [4.78, 5) is 5.56. The van der Waals surface area contributed by atoms with Gasteiger partial charge in [0.2, 0.25) is 0 Å². The van der Waals surface area contributed by atoms with E-state index in [0.29, 0.717) is 11.8 Å². The van der Waals surface area contributed by atoms with Crippen LogP contribution in [0.1, 0.15) is 31.7 Å². The third kappa shape index (κ3) is 3.00. The quantitative estimate of drug-likeness (QED) is 0.627. The number of thiophene rings is 1. The van der Waals surface area contributed by atoms with Gasteiger partial charge in [-0.25, -0.2) is 0 Å². The van der Waals surface area contributed by atoms with Crippen LogP contribution in [0.5, 0.6) is 0 Å². The summed E-state index contributed by atoms with van der Waals surface area (Å²) in [6.07, 6.45) is 0. The van der Waals surface area contributed by atoms with Crippen LogP contribution in [0.4, 0.5) is 0 Å². The Labute approximate surface area is 93.8 Å². The standard InChI is InChI=1S/C10H15ClN2S/c1-6(2)10(12)13-7(3)8-4-5-9(11)14-8/h4-7H,1-3H3,(H2,12,13). The molecule has 0 fully saturated rings. The molecular formula is C10H15ClN2S. The van der Waals surface area contributed by atoms with E-state index in [-0.39, 0.29) is 6.04 Å². The van der Waals surface area contributed by atoms with Crippen molar-refractivity contribution >= 4 is 28.8 Å². The van der Waals surface area contributed by atoms with Gasteiger partial charge in [-0.05, 0) is 19.1 Å². The van der Waals surface area contributed by atoms with Gasteiger partial charge in [0, 0.05) is 10.8 Å². The molecule has 0 spiro atoms. The maximum atomic E-state index is 5.84. The van der Waals surface area contributed by atoms with E-state index < -0.39 is 0 Å². The molecule has 1 rings (SSSR count). The maximum Gasteiger partial charge on any atom is 0.0970 e. The van der Waals surface area contributed by atoms with Crippen molar-refractivity contribution < 1.29 is 0 Å². The highest BCUT2D eigenvalue weighted by Crippen LogP contribution is 2.28. The summed E-state index contributed by atoms with van der Waals surface area (Å²) in [5, 5.41) is 0. The molecule has 1 aromatic rings. The average molecular weight is 231 g/mol. The molecule has 0 amide bonds. The maximum absolute atomic E-state index is 5.84. The second-order valence-electron chi connectivity index (χ2n) is 3.53. The molecule has 4 heteroatoms. The largest absolute Gasteiger partial charge is 0.387 e. The highest BCUT2D eigenvalue weighted by Gasteiger charge is 2.08. The number of amidine groups is 1. The van der Waals surface area contributed by atoms with E-state index in [1.54, 1.807) is 11.3 Å². The van der Waals surface area contributed by atoms with Crippen molar-refractivity contribution in [1.82, 2.24) is 0 Å². The normalized spacial score (nSPS) is 14.8. The summed E-state index contributed by atoms with van der Waals surface area (Å²) < 4.78 is 0.796. The molecule has 1 aromatic heterocycles. The lowest BCUT2D eigenvalue weighted by molar-refractivity contribution is 0.791. The molecule has 2 nitrogen and oxygen atoms in total. The minimum Gasteiger partial charge on any atom is -0.387 e. The Hall–Kier alpha value is -0.540. The second kappa shape index (κ2) is 4.80. The van der Waals surface area contributed by atoms with Crippen molar-refractivity contribution in [3.8, 4) is 0 Å². The highest BCUT2D eigenvalue weighted by atomic mass is 35.5. The van der Waals surface area contributed by atoms with Crippen molar-refractivity contribution in [2.45, 2.75) is 26.8 Å². The van der Waals surface area contributed by atoms with Gasteiger partial charge < -0.3 is 5.73 Å². The van der Waals surface area contributed by atoms with Crippen molar-refractivity contribution in [3.05, 3.63) is 21.3 Å². The minimum atomic E-state index is 0.106. The molecule has 1 unspecified atom stereocenters. The second-order valence-corrected chi connectivity index (χ2v) is 5.27. The molecule has 0 aliphatic rings. The van der Waals surface area contributed by atoms with Gasteiger partial charge in [-0.3, -0.25) is 4.99 Å². The average Bonchev–Trinajstić information content (AvgIpc) is 2.51. The number of halogens is 1. The molecule has 0 aromatic carbocycles. The lowest BCUT2D eigenvalue weighted by atomic mass is 10.2. The van der Waals surface area contributed by atoms with Crippen molar-refractivity contribution in [3.63, 3.8) is 0 Å². The fraction of sp³-hybridized carbons (Fsp3) is 0.500. The number of hydrogen-bond donors (Lipinski definition) is 1. The Morgan fingerprint density at radius 3 is 2.50 bits per heavy atom. The Morgan fingerprint density at radius 1 is 1.43 bits per heavy atom. The van der Waals surface area contributed by atoms with Crippen molar-refractivity contribution in [2.24, 2.45) is 16.6 Å². The molecule has 1 atom stereocenters. The zero-order valence-electron chi connectivity index (χ0n) is 8.62. The van der Waals surface area contributed by atoms with Gasteiger partial charge >= 0.3 is 0 Å². The Kier molecular flexibility index (Phi) is 3.96. The first-order chi connectivity index (χ1) is 6.50. The SMILES string of the molecule is CC(C)C(N)=NC(C)c1ccc(Cl)s1. The van der Waals surface area contributed by atoms with Gasteiger partial charge in [0.25, 0.3) is 0 Å². The van der Waals surface area contributed by atoms with E-state index in [4.69, 9.17) is 17.3 Å². The third-order valence-corrected chi connectivity index (χ3v) is 3.34. The molecule has 1 heterocycles. The first kappa shape index (κ1) is 11.5. The first-order valence-corrected chi connectivity index (χ1v) is 5.78. The van der Waals surface area contributed by atoms with Crippen LogP contribution in [0.15, 0.2) is 17.1 Å². The van der Waals surface area contributed by atoms with Crippen molar-refractivity contribution in [1.29, 1.82) is 0 Å². The summed E-state index contributed by atoms with van der Waals surface area (Å²) in [6, 6.07) is 3.99. The fourth-order valence-electron chi connectivity index (χ4n) is 0.989.